The monoisotopic (exact) mass is 321 g/mol. The van der Waals surface area contributed by atoms with Gasteiger partial charge in [-0.1, -0.05) is 0 Å². The van der Waals surface area contributed by atoms with Crippen LogP contribution in [-0.2, 0) is 21.2 Å². The Balaban J connectivity index is 1.73. The molecule has 1 N–H and O–H groups in total. The molecular weight excluding hydrogens is 302 g/mol. The fraction of sp³-hybridized carbons (Fsp3) is 0.467. The average molecular weight is 321 g/mol. The van der Waals surface area contributed by atoms with Gasteiger partial charge in [-0.05, 0) is 43.5 Å². The first-order chi connectivity index (χ1) is 10.3. The van der Waals surface area contributed by atoms with E-state index in [1.54, 1.807) is 10.9 Å². The standard InChI is InChI=1S/C15H19N3O3S/c1-10-5-13-14(6-11(10)2)18(9-16-13)7-15(19)17-12-3-4-22(20,21)8-12/h5-6,9,12H,3-4,7-8H2,1-2H3,(H,17,19). The molecule has 1 aromatic heterocycles. The Kier molecular flexibility index (Phi) is 3.68. The molecule has 1 amide bonds. The number of rotatable bonds is 3. The van der Waals surface area contributed by atoms with Crippen LogP contribution in [0.3, 0.4) is 0 Å². The van der Waals surface area contributed by atoms with E-state index in [0.717, 1.165) is 16.6 Å². The third-order valence-corrected chi connectivity index (χ3v) is 5.92. The van der Waals surface area contributed by atoms with Crippen LogP contribution in [-0.4, -0.2) is 41.4 Å². The summed E-state index contributed by atoms with van der Waals surface area (Å²) in [5, 5.41) is 2.80. The number of nitrogens with zero attached hydrogens (tertiary/aromatic N) is 2. The summed E-state index contributed by atoms with van der Waals surface area (Å²) in [7, 11) is -2.98. The summed E-state index contributed by atoms with van der Waals surface area (Å²) in [5.74, 6) is 0.0196. The summed E-state index contributed by atoms with van der Waals surface area (Å²) >= 11 is 0. The Bertz CT molecular complexity index is 839. The second-order valence-corrected chi connectivity index (χ2v) is 8.19. The topological polar surface area (TPSA) is 81.1 Å². The summed E-state index contributed by atoms with van der Waals surface area (Å²) < 4.78 is 24.6. The molecule has 0 bridgehead atoms. The molecule has 1 aromatic carbocycles. The van der Waals surface area contributed by atoms with Gasteiger partial charge in [0.15, 0.2) is 9.84 Å². The Labute approximate surface area is 129 Å². The lowest BCUT2D eigenvalue weighted by atomic mass is 10.1. The summed E-state index contributed by atoms with van der Waals surface area (Å²) in [4.78, 5) is 16.4. The van der Waals surface area contributed by atoms with Crippen molar-refractivity contribution in [1.82, 2.24) is 14.9 Å². The molecule has 1 saturated heterocycles. The van der Waals surface area contributed by atoms with Gasteiger partial charge in [-0.15, -0.1) is 0 Å². The van der Waals surface area contributed by atoms with Crippen molar-refractivity contribution in [2.75, 3.05) is 11.5 Å². The van der Waals surface area contributed by atoms with Crippen LogP contribution in [0.25, 0.3) is 11.0 Å². The maximum atomic E-state index is 12.1. The molecule has 6 nitrogen and oxygen atoms in total. The predicted octanol–water partition coefficient (Wildman–Crippen LogP) is 0.956. The molecule has 118 valence electrons. The first-order valence-corrected chi connectivity index (χ1v) is 9.08. The van der Waals surface area contributed by atoms with Crippen LogP contribution in [0.2, 0.25) is 0 Å². The third-order valence-electron chi connectivity index (χ3n) is 4.15. The number of fused-ring (bicyclic) bond motifs is 1. The van der Waals surface area contributed by atoms with Gasteiger partial charge < -0.3 is 9.88 Å². The molecule has 7 heteroatoms. The number of sulfone groups is 1. The van der Waals surface area contributed by atoms with Gasteiger partial charge in [0.25, 0.3) is 0 Å². The van der Waals surface area contributed by atoms with Crippen LogP contribution in [0.15, 0.2) is 18.5 Å². The van der Waals surface area contributed by atoms with Gasteiger partial charge in [0, 0.05) is 6.04 Å². The van der Waals surface area contributed by atoms with Crippen molar-refractivity contribution in [1.29, 1.82) is 0 Å². The zero-order valence-corrected chi connectivity index (χ0v) is 13.5. The van der Waals surface area contributed by atoms with Gasteiger partial charge in [-0.25, -0.2) is 13.4 Å². The van der Waals surface area contributed by atoms with E-state index in [2.05, 4.69) is 10.3 Å². The van der Waals surface area contributed by atoms with Gasteiger partial charge in [-0.3, -0.25) is 4.79 Å². The minimum absolute atomic E-state index is 0.0434. The van der Waals surface area contributed by atoms with Crippen molar-refractivity contribution in [3.8, 4) is 0 Å². The molecule has 1 fully saturated rings. The number of nitrogens with one attached hydrogen (secondary N) is 1. The summed E-state index contributed by atoms with van der Waals surface area (Å²) in [6, 6.07) is 3.75. The predicted molar refractivity (Wildman–Crippen MR) is 84.4 cm³/mol. The molecule has 1 aliphatic rings. The summed E-state index contributed by atoms with van der Waals surface area (Å²) in [5.41, 5.74) is 4.09. The maximum Gasteiger partial charge on any atom is 0.240 e. The fourth-order valence-corrected chi connectivity index (χ4v) is 4.45. The maximum absolute atomic E-state index is 12.1. The van der Waals surface area contributed by atoms with Gasteiger partial charge in [0.1, 0.15) is 6.54 Å². The quantitative estimate of drug-likeness (QED) is 0.913. The molecule has 0 aliphatic carbocycles. The summed E-state index contributed by atoms with van der Waals surface area (Å²) in [6.07, 6.45) is 2.14. The molecule has 3 rings (SSSR count). The number of imidazole rings is 1. The van der Waals surface area contributed by atoms with Crippen LogP contribution in [0.4, 0.5) is 0 Å². The van der Waals surface area contributed by atoms with Gasteiger partial charge >= 0.3 is 0 Å². The van der Waals surface area contributed by atoms with Crippen LogP contribution in [0.1, 0.15) is 17.5 Å². The molecule has 0 saturated carbocycles. The lowest BCUT2D eigenvalue weighted by Gasteiger charge is -2.11. The largest absolute Gasteiger partial charge is 0.351 e. The number of hydrogen-bond donors (Lipinski definition) is 1. The van der Waals surface area contributed by atoms with Crippen molar-refractivity contribution >= 4 is 26.8 Å². The van der Waals surface area contributed by atoms with Crippen LogP contribution < -0.4 is 5.32 Å². The minimum atomic E-state index is -2.98. The number of carbonyl (C=O) groups excluding carboxylic acids is 1. The number of benzene rings is 1. The number of carbonyl (C=O) groups is 1. The lowest BCUT2D eigenvalue weighted by molar-refractivity contribution is -0.122. The molecule has 0 radical (unpaired) electrons. The Morgan fingerprint density at radius 2 is 2.09 bits per heavy atom. The van der Waals surface area contributed by atoms with Crippen molar-refractivity contribution < 1.29 is 13.2 Å². The second-order valence-electron chi connectivity index (χ2n) is 5.97. The highest BCUT2D eigenvalue weighted by molar-refractivity contribution is 7.91. The highest BCUT2D eigenvalue weighted by Crippen LogP contribution is 2.18. The fourth-order valence-electron chi connectivity index (χ4n) is 2.78. The van der Waals surface area contributed by atoms with Crippen molar-refractivity contribution in [3.63, 3.8) is 0 Å². The van der Waals surface area contributed by atoms with E-state index in [9.17, 15) is 13.2 Å². The van der Waals surface area contributed by atoms with Crippen LogP contribution >= 0.6 is 0 Å². The SMILES string of the molecule is Cc1cc2ncn(CC(=O)NC3CCS(=O)(=O)C3)c2cc1C. The van der Waals surface area contributed by atoms with Gasteiger partial charge in [0.05, 0.1) is 28.9 Å². The molecule has 1 unspecified atom stereocenters. The Morgan fingerprint density at radius 1 is 1.36 bits per heavy atom. The van der Waals surface area contributed by atoms with Crippen LogP contribution in [0.5, 0.6) is 0 Å². The molecule has 2 aromatic rings. The Morgan fingerprint density at radius 3 is 2.77 bits per heavy atom. The zero-order chi connectivity index (χ0) is 15.9. The third kappa shape index (κ3) is 2.99. The number of aryl methyl sites for hydroxylation is 2. The number of hydrogen-bond acceptors (Lipinski definition) is 4. The number of aromatic nitrogens is 2. The van der Waals surface area contributed by atoms with E-state index < -0.39 is 9.84 Å². The van der Waals surface area contributed by atoms with Crippen molar-refractivity contribution in [3.05, 3.63) is 29.6 Å². The molecule has 0 spiro atoms. The Hall–Kier alpha value is -1.89. The van der Waals surface area contributed by atoms with E-state index >= 15 is 0 Å². The van der Waals surface area contributed by atoms with E-state index in [1.807, 2.05) is 26.0 Å². The highest BCUT2D eigenvalue weighted by atomic mass is 32.2. The normalized spacial score (nSPS) is 20.4. The van der Waals surface area contributed by atoms with Crippen LogP contribution in [0, 0.1) is 13.8 Å². The first-order valence-electron chi connectivity index (χ1n) is 7.26. The highest BCUT2D eigenvalue weighted by Gasteiger charge is 2.28. The van der Waals surface area contributed by atoms with E-state index in [0.29, 0.717) is 6.42 Å². The summed E-state index contributed by atoms with van der Waals surface area (Å²) in [6.45, 7) is 4.20. The average Bonchev–Trinajstić information content (AvgIpc) is 2.95. The van der Waals surface area contributed by atoms with E-state index in [4.69, 9.17) is 0 Å². The molecule has 22 heavy (non-hydrogen) atoms. The lowest BCUT2D eigenvalue weighted by Crippen LogP contribution is -2.37. The van der Waals surface area contributed by atoms with E-state index in [-0.39, 0.29) is 30.0 Å². The molecular formula is C15H19N3O3S. The molecule has 1 atom stereocenters. The smallest absolute Gasteiger partial charge is 0.240 e. The van der Waals surface area contributed by atoms with Gasteiger partial charge in [-0.2, -0.15) is 0 Å². The first kappa shape index (κ1) is 15.0. The second kappa shape index (κ2) is 5.39. The molecule has 2 heterocycles. The zero-order valence-electron chi connectivity index (χ0n) is 12.7. The van der Waals surface area contributed by atoms with Crippen molar-refractivity contribution in [2.24, 2.45) is 0 Å². The van der Waals surface area contributed by atoms with Crippen molar-refractivity contribution in [2.45, 2.75) is 32.9 Å². The molecule has 1 aliphatic heterocycles. The van der Waals surface area contributed by atoms with E-state index in [1.165, 1.54) is 5.56 Å². The minimum Gasteiger partial charge on any atom is -0.351 e. The van der Waals surface area contributed by atoms with Gasteiger partial charge in [0.2, 0.25) is 5.91 Å². The number of amides is 1.